The number of hydrogen-bond donors (Lipinski definition) is 3. The Morgan fingerprint density at radius 2 is 1.63 bits per heavy atom. The van der Waals surface area contributed by atoms with Crippen LogP contribution in [0.4, 0.5) is 5.69 Å². The normalized spacial score (nSPS) is 9.89. The molecule has 0 radical (unpaired) electrons. The Hall–Kier alpha value is -2.82. The van der Waals surface area contributed by atoms with Gasteiger partial charge in [-0.1, -0.05) is 24.3 Å². The molecule has 0 atom stereocenters. The average molecular weight is 257 g/mol. The summed E-state index contributed by atoms with van der Waals surface area (Å²) >= 11 is 0. The van der Waals surface area contributed by atoms with Gasteiger partial charge < -0.3 is 15.5 Å². The summed E-state index contributed by atoms with van der Waals surface area (Å²) in [6, 6.07) is 12.4. The summed E-state index contributed by atoms with van der Waals surface area (Å²) in [7, 11) is 0. The predicted molar refractivity (Wildman–Crippen MR) is 69.5 cm³/mol. The van der Waals surface area contributed by atoms with Gasteiger partial charge in [0, 0.05) is 5.56 Å². The number of carboxylic acid groups (broad SMARTS) is 1. The van der Waals surface area contributed by atoms with E-state index in [1.165, 1.54) is 18.2 Å². The number of phenolic OH excluding ortho intramolecular Hbond substituents is 1. The van der Waals surface area contributed by atoms with E-state index in [2.05, 4.69) is 5.32 Å². The van der Waals surface area contributed by atoms with Crippen LogP contribution in [0.15, 0.2) is 48.5 Å². The summed E-state index contributed by atoms with van der Waals surface area (Å²) in [4.78, 5) is 23.0. The van der Waals surface area contributed by atoms with Crippen LogP contribution in [0, 0.1) is 0 Å². The molecule has 2 aromatic rings. The van der Waals surface area contributed by atoms with Gasteiger partial charge >= 0.3 is 5.97 Å². The van der Waals surface area contributed by atoms with Crippen LogP contribution < -0.4 is 5.32 Å². The number of para-hydroxylation sites is 1. The van der Waals surface area contributed by atoms with Crippen LogP contribution in [-0.2, 0) is 0 Å². The maximum absolute atomic E-state index is 11.9. The van der Waals surface area contributed by atoms with Crippen molar-refractivity contribution in [1.29, 1.82) is 0 Å². The number of rotatable bonds is 3. The fourth-order valence-electron chi connectivity index (χ4n) is 1.62. The SMILES string of the molecule is O=C(Nc1c(O)cccc1C(=O)O)c1ccccc1. The van der Waals surface area contributed by atoms with Gasteiger partial charge in [0.05, 0.1) is 11.3 Å². The molecule has 0 aliphatic carbocycles. The third kappa shape index (κ3) is 2.71. The van der Waals surface area contributed by atoms with E-state index in [1.807, 2.05) is 0 Å². The number of phenols is 1. The molecule has 0 aromatic heterocycles. The highest BCUT2D eigenvalue weighted by Crippen LogP contribution is 2.27. The predicted octanol–water partition coefficient (Wildman–Crippen LogP) is 2.34. The van der Waals surface area contributed by atoms with Crippen molar-refractivity contribution in [2.75, 3.05) is 5.32 Å². The van der Waals surface area contributed by atoms with Crippen molar-refractivity contribution in [1.82, 2.24) is 0 Å². The molecular weight excluding hydrogens is 246 g/mol. The molecule has 0 spiro atoms. The molecule has 1 amide bonds. The van der Waals surface area contributed by atoms with Crippen molar-refractivity contribution in [3.05, 3.63) is 59.7 Å². The molecule has 5 nitrogen and oxygen atoms in total. The van der Waals surface area contributed by atoms with E-state index in [9.17, 15) is 14.7 Å². The first-order valence-electron chi connectivity index (χ1n) is 5.51. The zero-order valence-corrected chi connectivity index (χ0v) is 9.83. The molecule has 96 valence electrons. The molecule has 0 saturated heterocycles. The molecular formula is C14H11NO4. The second-order valence-electron chi connectivity index (χ2n) is 3.83. The molecule has 0 bridgehead atoms. The molecule has 0 saturated carbocycles. The third-order valence-electron chi connectivity index (χ3n) is 2.55. The molecule has 19 heavy (non-hydrogen) atoms. The van der Waals surface area contributed by atoms with Gasteiger partial charge in [0.1, 0.15) is 5.75 Å². The largest absolute Gasteiger partial charge is 0.506 e. The lowest BCUT2D eigenvalue weighted by Gasteiger charge is -2.10. The van der Waals surface area contributed by atoms with Gasteiger partial charge in [0.15, 0.2) is 0 Å². The highest BCUT2D eigenvalue weighted by Gasteiger charge is 2.16. The average Bonchev–Trinajstić information content (AvgIpc) is 2.41. The van der Waals surface area contributed by atoms with E-state index in [1.54, 1.807) is 30.3 Å². The lowest BCUT2D eigenvalue weighted by Crippen LogP contribution is -2.14. The lowest BCUT2D eigenvalue weighted by atomic mass is 10.1. The van der Waals surface area contributed by atoms with Crippen LogP contribution in [0.25, 0.3) is 0 Å². The van der Waals surface area contributed by atoms with Crippen LogP contribution in [0.3, 0.4) is 0 Å². The minimum atomic E-state index is -1.22. The van der Waals surface area contributed by atoms with Crippen molar-refractivity contribution in [3.63, 3.8) is 0 Å². The summed E-state index contributed by atoms with van der Waals surface area (Å²) in [6.45, 7) is 0. The van der Waals surface area contributed by atoms with Crippen LogP contribution in [0.5, 0.6) is 5.75 Å². The van der Waals surface area contributed by atoms with E-state index >= 15 is 0 Å². The summed E-state index contributed by atoms with van der Waals surface area (Å²) in [5, 5.41) is 21.1. The van der Waals surface area contributed by atoms with Crippen LogP contribution >= 0.6 is 0 Å². The molecule has 0 aliphatic heterocycles. The number of carboxylic acids is 1. The number of aromatic hydroxyl groups is 1. The Morgan fingerprint density at radius 3 is 2.26 bits per heavy atom. The number of nitrogens with one attached hydrogen (secondary N) is 1. The first-order valence-corrected chi connectivity index (χ1v) is 5.51. The summed E-state index contributed by atoms with van der Waals surface area (Å²) in [6.07, 6.45) is 0. The number of benzene rings is 2. The Balaban J connectivity index is 2.34. The molecule has 0 unspecified atom stereocenters. The monoisotopic (exact) mass is 257 g/mol. The van der Waals surface area contributed by atoms with E-state index in [0.717, 1.165) is 0 Å². The number of anilines is 1. The molecule has 3 N–H and O–H groups in total. The van der Waals surface area contributed by atoms with Crippen LogP contribution in [0.2, 0.25) is 0 Å². The minimum absolute atomic E-state index is 0.108. The second-order valence-corrected chi connectivity index (χ2v) is 3.83. The highest BCUT2D eigenvalue weighted by atomic mass is 16.4. The van der Waals surface area contributed by atoms with E-state index < -0.39 is 11.9 Å². The summed E-state index contributed by atoms with van der Waals surface area (Å²) in [5.41, 5.74) is 0.107. The third-order valence-corrected chi connectivity index (χ3v) is 2.55. The van der Waals surface area contributed by atoms with Crippen LogP contribution in [0.1, 0.15) is 20.7 Å². The van der Waals surface area contributed by atoms with Gasteiger partial charge in [0.2, 0.25) is 0 Å². The maximum Gasteiger partial charge on any atom is 0.337 e. The fraction of sp³-hybridized carbons (Fsp3) is 0. The molecule has 0 fully saturated rings. The Bertz CT molecular complexity index is 623. The van der Waals surface area contributed by atoms with E-state index in [4.69, 9.17) is 5.11 Å². The second kappa shape index (κ2) is 5.22. The van der Waals surface area contributed by atoms with Crippen molar-refractivity contribution >= 4 is 17.6 Å². The molecule has 0 heterocycles. The highest BCUT2D eigenvalue weighted by molar-refractivity contribution is 6.08. The topological polar surface area (TPSA) is 86.6 Å². The summed E-state index contributed by atoms with van der Waals surface area (Å²) in [5.74, 6) is -1.99. The Morgan fingerprint density at radius 1 is 0.947 bits per heavy atom. The van der Waals surface area contributed by atoms with E-state index in [-0.39, 0.29) is 17.0 Å². The summed E-state index contributed by atoms with van der Waals surface area (Å²) < 4.78 is 0. The Kier molecular flexibility index (Phi) is 3.47. The maximum atomic E-state index is 11.9. The first-order chi connectivity index (χ1) is 9.09. The minimum Gasteiger partial charge on any atom is -0.506 e. The zero-order valence-electron chi connectivity index (χ0n) is 9.83. The lowest BCUT2D eigenvalue weighted by molar-refractivity contribution is 0.0697. The van der Waals surface area contributed by atoms with Gasteiger partial charge in [-0.25, -0.2) is 4.79 Å². The van der Waals surface area contributed by atoms with Gasteiger partial charge in [-0.05, 0) is 24.3 Å². The number of carbonyl (C=O) groups excluding carboxylic acids is 1. The van der Waals surface area contributed by atoms with Gasteiger partial charge in [-0.2, -0.15) is 0 Å². The van der Waals surface area contributed by atoms with Gasteiger partial charge in [-0.3, -0.25) is 4.79 Å². The quantitative estimate of drug-likeness (QED) is 0.736. The Labute approximate surface area is 109 Å². The van der Waals surface area contributed by atoms with Crippen molar-refractivity contribution in [2.24, 2.45) is 0 Å². The van der Waals surface area contributed by atoms with Crippen molar-refractivity contribution in [2.45, 2.75) is 0 Å². The number of aromatic carboxylic acids is 1. The molecule has 5 heteroatoms. The van der Waals surface area contributed by atoms with Crippen LogP contribution in [-0.4, -0.2) is 22.1 Å². The molecule has 0 aliphatic rings. The van der Waals surface area contributed by atoms with Crippen molar-refractivity contribution < 1.29 is 19.8 Å². The first kappa shape index (κ1) is 12.6. The smallest absolute Gasteiger partial charge is 0.337 e. The standard InChI is InChI=1S/C14H11NO4/c16-11-8-4-7-10(14(18)19)12(11)15-13(17)9-5-2-1-3-6-9/h1-8,16H,(H,15,17)(H,18,19). The van der Waals surface area contributed by atoms with E-state index in [0.29, 0.717) is 5.56 Å². The number of hydrogen-bond acceptors (Lipinski definition) is 3. The number of carbonyl (C=O) groups is 2. The fourth-order valence-corrected chi connectivity index (χ4v) is 1.62. The zero-order chi connectivity index (χ0) is 13.8. The van der Waals surface area contributed by atoms with Gasteiger partial charge in [-0.15, -0.1) is 0 Å². The molecule has 2 rings (SSSR count). The van der Waals surface area contributed by atoms with Crippen molar-refractivity contribution in [3.8, 4) is 5.75 Å². The molecule has 2 aromatic carbocycles. The number of amides is 1. The van der Waals surface area contributed by atoms with Gasteiger partial charge in [0.25, 0.3) is 5.91 Å².